The number of rotatable bonds is 2. The standard InChI is InChI=1S/C13H8ClN5OS/c14-10-2-1-9(3-16-10)19-6-8-5-18(11-4-15-7-21-11)13(20)12(8)17-19/h1-4,6-7H,5H2. The lowest BCUT2D eigenvalue weighted by molar-refractivity contribution is 0.0992. The van der Waals surface area contributed by atoms with Crippen LogP contribution >= 0.6 is 22.9 Å². The molecule has 4 rings (SSSR count). The molecular weight excluding hydrogens is 310 g/mol. The van der Waals surface area contributed by atoms with Crippen molar-refractivity contribution in [3.63, 3.8) is 0 Å². The lowest BCUT2D eigenvalue weighted by atomic mass is 10.3. The first-order valence-corrected chi connectivity index (χ1v) is 7.39. The first-order chi connectivity index (χ1) is 10.2. The number of pyridine rings is 1. The molecular formula is C13H8ClN5OS. The van der Waals surface area contributed by atoms with Gasteiger partial charge in [-0.05, 0) is 12.1 Å². The van der Waals surface area contributed by atoms with Crippen molar-refractivity contribution in [3.05, 3.63) is 52.6 Å². The Labute approximate surface area is 128 Å². The second-order valence-corrected chi connectivity index (χ2v) is 5.77. The Balaban J connectivity index is 1.68. The maximum absolute atomic E-state index is 12.4. The van der Waals surface area contributed by atoms with Gasteiger partial charge >= 0.3 is 0 Å². The van der Waals surface area contributed by atoms with E-state index in [1.54, 1.807) is 33.6 Å². The number of aromatic nitrogens is 4. The Kier molecular flexibility index (Phi) is 2.76. The molecule has 0 bridgehead atoms. The predicted molar refractivity (Wildman–Crippen MR) is 79.0 cm³/mol. The Hall–Kier alpha value is -2.25. The van der Waals surface area contributed by atoms with Crippen LogP contribution in [-0.2, 0) is 6.54 Å². The summed E-state index contributed by atoms with van der Waals surface area (Å²) >= 11 is 7.20. The molecule has 1 amide bonds. The Morgan fingerprint density at radius 3 is 2.86 bits per heavy atom. The van der Waals surface area contributed by atoms with E-state index in [1.165, 1.54) is 11.3 Å². The zero-order valence-electron chi connectivity index (χ0n) is 10.6. The second kappa shape index (κ2) is 4.64. The molecule has 21 heavy (non-hydrogen) atoms. The number of amides is 1. The maximum Gasteiger partial charge on any atom is 0.280 e. The third-order valence-electron chi connectivity index (χ3n) is 3.23. The quantitative estimate of drug-likeness (QED) is 0.681. The van der Waals surface area contributed by atoms with Gasteiger partial charge in [-0.25, -0.2) is 9.67 Å². The molecule has 6 nitrogen and oxygen atoms in total. The Morgan fingerprint density at radius 1 is 1.29 bits per heavy atom. The van der Waals surface area contributed by atoms with Crippen LogP contribution in [0.25, 0.3) is 5.69 Å². The van der Waals surface area contributed by atoms with Crippen LogP contribution in [-0.4, -0.2) is 25.7 Å². The van der Waals surface area contributed by atoms with Crippen LogP contribution < -0.4 is 4.90 Å². The summed E-state index contributed by atoms with van der Waals surface area (Å²) in [5.74, 6) is -0.102. The van der Waals surface area contributed by atoms with Crippen molar-refractivity contribution in [2.45, 2.75) is 6.54 Å². The molecule has 0 atom stereocenters. The average Bonchev–Trinajstić information content (AvgIpc) is 3.18. The second-order valence-electron chi connectivity index (χ2n) is 4.52. The highest BCUT2D eigenvalue weighted by Crippen LogP contribution is 2.30. The zero-order chi connectivity index (χ0) is 14.4. The monoisotopic (exact) mass is 317 g/mol. The molecule has 0 radical (unpaired) electrons. The highest BCUT2D eigenvalue weighted by Gasteiger charge is 2.32. The number of hydrogen-bond acceptors (Lipinski definition) is 5. The van der Waals surface area contributed by atoms with Crippen molar-refractivity contribution in [3.8, 4) is 5.69 Å². The summed E-state index contributed by atoms with van der Waals surface area (Å²) in [6.45, 7) is 0.511. The van der Waals surface area contributed by atoms with E-state index in [0.29, 0.717) is 17.4 Å². The van der Waals surface area contributed by atoms with Crippen molar-refractivity contribution >= 4 is 33.8 Å². The van der Waals surface area contributed by atoms with Crippen molar-refractivity contribution in [2.75, 3.05) is 4.90 Å². The van der Waals surface area contributed by atoms with Crippen LogP contribution in [0.5, 0.6) is 0 Å². The van der Waals surface area contributed by atoms with Gasteiger partial charge in [-0.1, -0.05) is 11.6 Å². The van der Waals surface area contributed by atoms with Gasteiger partial charge in [0, 0.05) is 11.8 Å². The SMILES string of the molecule is O=C1c2nn(-c3ccc(Cl)nc3)cc2CN1c1cncs1. The fourth-order valence-electron chi connectivity index (χ4n) is 2.23. The number of halogens is 1. The minimum atomic E-state index is -0.102. The molecule has 3 aromatic rings. The summed E-state index contributed by atoms with van der Waals surface area (Å²) < 4.78 is 1.65. The van der Waals surface area contributed by atoms with Crippen LogP contribution in [0.2, 0.25) is 5.15 Å². The van der Waals surface area contributed by atoms with Crippen LogP contribution in [0.3, 0.4) is 0 Å². The number of thiazole rings is 1. The van der Waals surface area contributed by atoms with Crippen LogP contribution in [0.4, 0.5) is 5.00 Å². The summed E-state index contributed by atoms with van der Waals surface area (Å²) in [4.78, 5) is 22.1. The normalized spacial score (nSPS) is 13.8. The van der Waals surface area contributed by atoms with Crippen molar-refractivity contribution in [1.29, 1.82) is 0 Å². The van der Waals surface area contributed by atoms with Crippen LogP contribution in [0, 0.1) is 0 Å². The van der Waals surface area contributed by atoms with Crippen molar-refractivity contribution in [2.24, 2.45) is 0 Å². The van der Waals surface area contributed by atoms with Crippen molar-refractivity contribution in [1.82, 2.24) is 19.7 Å². The van der Waals surface area contributed by atoms with E-state index in [9.17, 15) is 4.79 Å². The molecule has 0 N–H and O–H groups in total. The molecule has 0 saturated heterocycles. The molecule has 8 heteroatoms. The third kappa shape index (κ3) is 2.01. The lowest BCUT2D eigenvalue weighted by Gasteiger charge is -2.12. The number of hydrogen-bond donors (Lipinski definition) is 0. The highest BCUT2D eigenvalue weighted by atomic mass is 35.5. The molecule has 104 valence electrons. The van der Waals surface area contributed by atoms with Gasteiger partial charge in [-0.3, -0.25) is 14.7 Å². The molecule has 0 aromatic carbocycles. The fourth-order valence-corrected chi connectivity index (χ4v) is 2.97. The Morgan fingerprint density at radius 2 is 2.19 bits per heavy atom. The largest absolute Gasteiger partial charge is 0.292 e. The maximum atomic E-state index is 12.4. The van der Waals surface area contributed by atoms with Gasteiger partial charge in [0.05, 0.1) is 30.1 Å². The highest BCUT2D eigenvalue weighted by molar-refractivity contribution is 7.14. The number of carbonyl (C=O) groups excluding carboxylic acids is 1. The summed E-state index contributed by atoms with van der Waals surface area (Å²) in [6, 6.07) is 3.50. The minimum Gasteiger partial charge on any atom is -0.292 e. The molecule has 1 aliphatic heterocycles. The van der Waals surface area contributed by atoms with Gasteiger partial charge in [-0.15, -0.1) is 11.3 Å². The molecule has 4 heterocycles. The van der Waals surface area contributed by atoms with E-state index in [2.05, 4.69) is 15.1 Å². The van der Waals surface area contributed by atoms with E-state index in [4.69, 9.17) is 11.6 Å². The van der Waals surface area contributed by atoms with Gasteiger partial charge in [0.15, 0.2) is 5.69 Å². The number of nitrogens with zero attached hydrogens (tertiary/aromatic N) is 5. The summed E-state index contributed by atoms with van der Waals surface area (Å²) in [5.41, 5.74) is 3.84. The third-order valence-corrected chi connectivity index (χ3v) is 4.25. The average molecular weight is 318 g/mol. The molecule has 0 fully saturated rings. The smallest absolute Gasteiger partial charge is 0.280 e. The van der Waals surface area contributed by atoms with Gasteiger partial charge in [-0.2, -0.15) is 5.10 Å². The van der Waals surface area contributed by atoms with E-state index in [-0.39, 0.29) is 5.91 Å². The van der Waals surface area contributed by atoms with Crippen LogP contribution in [0.1, 0.15) is 16.1 Å². The minimum absolute atomic E-state index is 0.102. The number of carbonyl (C=O) groups is 1. The number of anilines is 1. The first-order valence-electron chi connectivity index (χ1n) is 6.13. The first kappa shape index (κ1) is 12.5. The van der Waals surface area contributed by atoms with E-state index in [1.807, 2.05) is 12.3 Å². The molecule has 0 spiro atoms. The van der Waals surface area contributed by atoms with Crippen LogP contribution in [0.15, 0.2) is 36.2 Å². The van der Waals surface area contributed by atoms with Crippen molar-refractivity contribution < 1.29 is 4.79 Å². The molecule has 0 saturated carbocycles. The summed E-state index contributed by atoms with van der Waals surface area (Å²) in [7, 11) is 0. The molecule has 0 aliphatic carbocycles. The predicted octanol–water partition coefficient (Wildman–Crippen LogP) is 2.54. The molecule has 3 aromatic heterocycles. The lowest BCUT2D eigenvalue weighted by Crippen LogP contribution is -2.23. The summed E-state index contributed by atoms with van der Waals surface area (Å²) in [5, 5.41) is 5.61. The van der Waals surface area contributed by atoms with Gasteiger partial charge in [0.1, 0.15) is 10.2 Å². The molecule has 1 aliphatic rings. The zero-order valence-corrected chi connectivity index (χ0v) is 12.2. The van der Waals surface area contributed by atoms with Gasteiger partial charge < -0.3 is 0 Å². The Bertz CT molecular complexity index is 812. The van der Waals surface area contributed by atoms with Gasteiger partial charge in [0.2, 0.25) is 0 Å². The van der Waals surface area contributed by atoms with E-state index in [0.717, 1.165) is 16.3 Å². The summed E-state index contributed by atoms with van der Waals surface area (Å²) in [6.07, 6.45) is 5.15. The fraction of sp³-hybridized carbons (Fsp3) is 0.0769. The topological polar surface area (TPSA) is 63.9 Å². The number of fused-ring (bicyclic) bond motifs is 1. The van der Waals surface area contributed by atoms with E-state index < -0.39 is 0 Å². The van der Waals surface area contributed by atoms with E-state index >= 15 is 0 Å². The molecule has 0 unspecified atom stereocenters. The van der Waals surface area contributed by atoms with Gasteiger partial charge in [0.25, 0.3) is 5.91 Å².